The maximum atomic E-state index is 6.08. The van der Waals surface area contributed by atoms with Crippen LogP contribution in [0.5, 0.6) is 0 Å². The topological polar surface area (TPSA) is 37.8 Å². The van der Waals surface area contributed by atoms with Gasteiger partial charge in [0.05, 0.1) is 0 Å². The van der Waals surface area contributed by atoms with Gasteiger partial charge < -0.3 is 5.32 Å². The minimum Gasteiger partial charge on any atom is -0.360 e. The lowest BCUT2D eigenvalue weighted by Gasteiger charge is -2.29. The van der Waals surface area contributed by atoms with Crippen LogP contribution >= 0.6 is 23.1 Å². The fraction of sp³-hybridized carbons (Fsp3) is 0.833. The molecule has 0 unspecified atom stereocenters. The Morgan fingerprint density at radius 1 is 1.41 bits per heavy atom. The summed E-state index contributed by atoms with van der Waals surface area (Å²) < 4.78 is 4.39. The van der Waals surface area contributed by atoms with Crippen molar-refractivity contribution in [2.24, 2.45) is 5.41 Å². The predicted molar refractivity (Wildman–Crippen MR) is 74.1 cm³/mol. The van der Waals surface area contributed by atoms with E-state index in [4.69, 9.17) is 11.6 Å². The molecule has 1 aliphatic carbocycles. The lowest BCUT2D eigenvalue weighted by Crippen LogP contribution is -2.30. The zero-order chi connectivity index (χ0) is 12.3. The summed E-state index contributed by atoms with van der Waals surface area (Å²) in [4.78, 5) is 4.53. The molecule has 1 aromatic rings. The molecule has 1 aliphatic rings. The van der Waals surface area contributed by atoms with Gasteiger partial charge in [-0.2, -0.15) is 4.37 Å². The van der Waals surface area contributed by atoms with Gasteiger partial charge in [0, 0.05) is 35.3 Å². The molecule has 0 aromatic carbocycles. The molecule has 0 atom stereocenters. The third-order valence-corrected chi connectivity index (χ3v) is 5.04. The highest BCUT2D eigenvalue weighted by atomic mass is 35.5. The number of anilines is 1. The largest absolute Gasteiger partial charge is 0.360 e. The molecule has 1 aromatic heterocycles. The van der Waals surface area contributed by atoms with E-state index in [1.54, 1.807) is 0 Å². The molecule has 96 valence electrons. The summed E-state index contributed by atoms with van der Waals surface area (Å²) in [6.45, 7) is 5.29. The summed E-state index contributed by atoms with van der Waals surface area (Å²) in [5.41, 5.74) is 0.187. The lowest BCUT2D eigenvalue weighted by molar-refractivity contribution is 0.327. The normalized spacial score (nSPS) is 16.2. The van der Waals surface area contributed by atoms with E-state index in [1.165, 1.54) is 24.4 Å². The molecular formula is C12H20ClN3S. The van der Waals surface area contributed by atoms with Crippen molar-refractivity contribution in [3.05, 3.63) is 5.82 Å². The average Bonchev–Trinajstić information content (AvgIpc) is 3.12. The zero-order valence-corrected chi connectivity index (χ0v) is 12.1. The van der Waals surface area contributed by atoms with Crippen LogP contribution in [0.15, 0.2) is 0 Å². The minimum absolute atomic E-state index is 0.187. The number of halogens is 1. The Labute approximate surface area is 112 Å². The van der Waals surface area contributed by atoms with Gasteiger partial charge in [-0.25, -0.2) is 4.98 Å². The highest BCUT2D eigenvalue weighted by Gasteiger charge is 2.29. The second-order valence-electron chi connectivity index (χ2n) is 4.93. The molecule has 0 aliphatic heterocycles. The molecule has 1 saturated carbocycles. The quantitative estimate of drug-likeness (QED) is 0.767. The first-order chi connectivity index (χ1) is 8.23. The second-order valence-corrected chi connectivity index (χ2v) is 5.95. The van der Waals surface area contributed by atoms with Crippen LogP contribution in [0.1, 0.15) is 51.3 Å². The van der Waals surface area contributed by atoms with Crippen molar-refractivity contribution < 1.29 is 0 Å². The van der Waals surface area contributed by atoms with E-state index in [0.29, 0.717) is 11.8 Å². The minimum atomic E-state index is 0.187. The predicted octanol–water partition coefficient (Wildman–Crippen LogP) is 3.87. The Balaban J connectivity index is 1.91. The highest BCUT2D eigenvalue weighted by molar-refractivity contribution is 7.09. The molecule has 0 radical (unpaired) electrons. The SMILES string of the molecule is CCC(CC)(CCl)CNc1nc(C2CC2)ns1. The highest BCUT2D eigenvalue weighted by Crippen LogP contribution is 2.39. The molecule has 5 heteroatoms. The van der Waals surface area contributed by atoms with Crippen molar-refractivity contribution in [2.75, 3.05) is 17.7 Å². The van der Waals surface area contributed by atoms with Crippen molar-refractivity contribution >= 4 is 28.3 Å². The van der Waals surface area contributed by atoms with E-state index in [1.807, 2.05) is 0 Å². The average molecular weight is 274 g/mol. The van der Waals surface area contributed by atoms with Crippen molar-refractivity contribution in [1.82, 2.24) is 9.36 Å². The summed E-state index contributed by atoms with van der Waals surface area (Å²) >= 11 is 7.56. The molecule has 0 saturated heterocycles. The summed E-state index contributed by atoms with van der Waals surface area (Å²) in [6, 6.07) is 0. The molecule has 1 fully saturated rings. The monoisotopic (exact) mass is 273 g/mol. The van der Waals surface area contributed by atoms with Crippen LogP contribution < -0.4 is 5.32 Å². The van der Waals surface area contributed by atoms with Gasteiger partial charge in [-0.3, -0.25) is 0 Å². The van der Waals surface area contributed by atoms with Gasteiger partial charge >= 0.3 is 0 Å². The van der Waals surface area contributed by atoms with Crippen molar-refractivity contribution in [3.8, 4) is 0 Å². The van der Waals surface area contributed by atoms with Gasteiger partial charge in [-0.1, -0.05) is 13.8 Å². The van der Waals surface area contributed by atoms with Crippen LogP contribution in [0.4, 0.5) is 5.13 Å². The van der Waals surface area contributed by atoms with E-state index in [9.17, 15) is 0 Å². The van der Waals surface area contributed by atoms with Crippen molar-refractivity contribution in [1.29, 1.82) is 0 Å². The maximum absolute atomic E-state index is 6.08. The molecule has 0 spiro atoms. The zero-order valence-electron chi connectivity index (χ0n) is 10.5. The lowest BCUT2D eigenvalue weighted by atomic mass is 9.84. The summed E-state index contributed by atoms with van der Waals surface area (Å²) in [5.74, 6) is 2.36. The van der Waals surface area contributed by atoms with Gasteiger partial charge in [0.1, 0.15) is 5.82 Å². The number of alkyl halides is 1. The Morgan fingerprint density at radius 2 is 2.12 bits per heavy atom. The molecule has 3 nitrogen and oxygen atoms in total. The Bertz CT molecular complexity index is 350. The van der Waals surface area contributed by atoms with E-state index in [2.05, 4.69) is 28.5 Å². The summed E-state index contributed by atoms with van der Waals surface area (Å²) in [7, 11) is 0. The smallest absolute Gasteiger partial charge is 0.202 e. The number of nitrogens with zero attached hydrogens (tertiary/aromatic N) is 2. The van der Waals surface area contributed by atoms with Gasteiger partial charge in [0.2, 0.25) is 5.13 Å². The van der Waals surface area contributed by atoms with E-state index in [0.717, 1.165) is 30.3 Å². The number of hydrogen-bond acceptors (Lipinski definition) is 4. The fourth-order valence-corrected chi connectivity index (χ4v) is 2.93. The Kier molecular flexibility index (Phi) is 4.26. The van der Waals surface area contributed by atoms with E-state index < -0.39 is 0 Å². The van der Waals surface area contributed by atoms with Crippen LogP contribution in [0.3, 0.4) is 0 Å². The first kappa shape index (κ1) is 13.1. The van der Waals surface area contributed by atoms with E-state index in [-0.39, 0.29) is 5.41 Å². The summed E-state index contributed by atoms with van der Waals surface area (Å²) in [6.07, 6.45) is 4.69. The fourth-order valence-electron chi connectivity index (χ4n) is 1.81. The molecule has 17 heavy (non-hydrogen) atoms. The molecular weight excluding hydrogens is 254 g/mol. The second kappa shape index (κ2) is 5.53. The molecule has 1 heterocycles. The molecule has 2 rings (SSSR count). The maximum Gasteiger partial charge on any atom is 0.202 e. The van der Waals surface area contributed by atoms with Gasteiger partial charge in [-0.15, -0.1) is 11.6 Å². The van der Waals surface area contributed by atoms with Crippen molar-refractivity contribution in [3.63, 3.8) is 0 Å². The first-order valence-corrected chi connectivity index (χ1v) is 7.67. The number of nitrogens with one attached hydrogen (secondary N) is 1. The van der Waals surface area contributed by atoms with Crippen LogP contribution in [-0.4, -0.2) is 21.8 Å². The number of aromatic nitrogens is 2. The number of rotatable bonds is 7. The van der Waals surface area contributed by atoms with Crippen LogP contribution in [0.25, 0.3) is 0 Å². The third kappa shape index (κ3) is 3.10. The Morgan fingerprint density at radius 3 is 2.65 bits per heavy atom. The molecule has 1 N–H and O–H groups in total. The third-order valence-electron chi connectivity index (χ3n) is 3.78. The van der Waals surface area contributed by atoms with Crippen molar-refractivity contribution in [2.45, 2.75) is 45.4 Å². The first-order valence-electron chi connectivity index (χ1n) is 6.36. The van der Waals surface area contributed by atoms with Gasteiger partial charge in [-0.05, 0) is 25.7 Å². The van der Waals surface area contributed by atoms with Crippen LogP contribution in [0.2, 0.25) is 0 Å². The van der Waals surface area contributed by atoms with Gasteiger partial charge in [0.15, 0.2) is 0 Å². The Hall–Kier alpha value is -0.350. The molecule has 0 bridgehead atoms. The number of hydrogen-bond donors (Lipinski definition) is 1. The molecule has 0 amide bonds. The standard InChI is InChI=1S/C12H20ClN3S/c1-3-12(4-2,7-13)8-14-11-15-10(16-17-11)9-5-6-9/h9H,3-8H2,1-2H3,(H,14,15,16). The van der Waals surface area contributed by atoms with Gasteiger partial charge in [0.25, 0.3) is 0 Å². The summed E-state index contributed by atoms with van der Waals surface area (Å²) in [5, 5.41) is 4.35. The van der Waals surface area contributed by atoms with Crippen LogP contribution in [0, 0.1) is 5.41 Å². The van der Waals surface area contributed by atoms with Crippen LogP contribution in [-0.2, 0) is 0 Å². The van der Waals surface area contributed by atoms with E-state index >= 15 is 0 Å².